The average molecular weight is 349 g/mol. The molecular weight excluding hydrogens is 336 g/mol. The molecule has 0 fully saturated rings. The Kier molecular flexibility index (Phi) is 6.13. The SMILES string of the molecule is NC(=NN=Cc1cc([N+](=O)[O-])ccc1Cl)SCc1ccccc1. The summed E-state index contributed by atoms with van der Waals surface area (Å²) in [7, 11) is 0. The fraction of sp³-hybridized carbons (Fsp3) is 0.0667. The van der Waals surface area contributed by atoms with Gasteiger partial charge in [-0.25, -0.2) is 0 Å². The summed E-state index contributed by atoms with van der Waals surface area (Å²) in [5.74, 6) is 0.684. The molecule has 0 aliphatic rings. The van der Waals surface area contributed by atoms with Gasteiger partial charge in [-0.05, 0) is 11.6 Å². The van der Waals surface area contributed by atoms with Crippen LogP contribution in [-0.2, 0) is 5.75 Å². The molecule has 8 heteroatoms. The van der Waals surface area contributed by atoms with E-state index in [-0.39, 0.29) is 5.69 Å². The van der Waals surface area contributed by atoms with Crippen LogP contribution < -0.4 is 5.73 Å². The summed E-state index contributed by atoms with van der Waals surface area (Å²) < 4.78 is 0. The monoisotopic (exact) mass is 348 g/mol. The van der Waals surface area contributed by atoms with E-state index in [4.69, 9.17) is 17.3 Å². The normalized spacial score (nSPS) is 11.8. The molecule has 0 heterocycles. The van der Waals surface area contributed by atoms with Gasteiger partial charge in [-0.2, -0.15) is 5.10 Å². The summed E-state index contributed by atoms with van der Waals surface area (Å²) >= 11 is 7.31. The van der Waals surface area contributed by atoms with Gasteiger partial charge in [-0.3, -0.25) is 10.1 Å². The third-order valence-electron chi connectivity index (χ3n) is 2.77. The number of nitrogens with two attached hydrogens (primary N) is 1. The van der Waals surface area contributed by atoms with E-state index in [0.717, 1.165) is 5.56 Å². The first kappa shape index (κ1) is 17.0. The maximum absolute atomic E-state index is 10.7. The van der Waals surface area contributed by atoms with Crippen LogP contribution >= 0.6 is 23.4 Å². The zero-order valence-electron chi connectivity index (χ0n) is 11.9. The number of nitro groups is 1. The third-order valence-corrected chi connectivity index (χ3v) is 3.97. The molecule has 0 atom stereocenters. The van der Waals surface area contributed by atoms with Crippen molar-refractivity contribution < 1.29 is 4.92 Å². The van der Waals surface area contributed by atoms with Crippen molar-refractivity contribution in [2.75, 3.05) is 0 Å². The van der Waals surface area contributed by atoms with Gasteiger partial charge in [0.2, 0.25) is 0 Å². The molecule has 2 N–H and O–H groups in total. The molecule has 2 aromatic rings. The second kappa shape index (κ2) is 8.30. The van der Waals surface area contributed by atoms with E-state index >= 15 is 0 Å². The van der Waals surface area contributed by atoms with Gasteiger partial charge in [0.1, 0.15) is 0 Å². The van der Waals surface area contributed by atoms with Crippen LogP contribution in [0.15, 0.2) is 58.7 Å². The maximum atomic E-state index is 10.7. The van der Waals surface area contributed by atoms with Crippen LogP contribution in [0.4, 0.5) is 5.69 Å². The van der Waals surface area contributed by atoms with Crippen LogP contribution in [-0.4, -0.2) is 16.3 Å². The highest BCUT2D eigenvalue weighted by atomic mass is 35.5. The van der Waals surface area contributed by atoms with Gasteiger partial charge in [0.15, 0.2) is 5.17 Å². The Morgan fingerprint density at radius 1 is 1.30 bits per heavy atom. The number of amidine groups is 1. The minimum atomic E-state index is -0.499. The molecule has 0 aromatic heterocycles. The number of thioether (sulfide) groups is 1. The first-order valence-electron chi connectivity index (χ1n) is 6.53. The molecule has 0 radical (unpaired) electrons. The summed E-state index contributed by atoms with van der Waals surface area (Å²) in [6.45, 7) is 0. The van der Waals surface area contributed by atoms with Crippen molar-refractivity contribution in [2.45, 2.75) is 5.75 Å². The van der Waals surface area contributed by atoms with Crippen LogP contribution in [0, 0.1) is 10.1 Å². The maximum Gasteiger partial charge on any atom is 0.270 e. The summed E-state index contributed by atoms with van der Waals surface area (Å²) in [6, 6.07) is 13.9. The standard InChI is InChI=1S/C15H13ClN4O2S/c16-14-7-6-13(20(21)22)8-12(14)9-18-19-15(17)23-10-11-4-2-1-3-5-11/h1-9H,10H2,(H2,17,19). The minimum absolute atomic E-state index is 0.0637. The fourth-order valence-corrected chi connectivity index (χ4v) is 2.43. The highest BCUT2D eigenvalue weighted by Crippen LogP contribution is 2.20. The van der Waals surface area contributed by atoms with Crippen molar-refractivity contribution in [2.24, 2.45) is 15.9 Å². The molecular formula is C15H13ClN4O2S. The highest BCUT2D eigenvalue weighted by molar-refractivity contribution is 8.13. The lowest BCUT2D eigenvalue weighted by molar-refractivity contribution is -0.384. The summed E-state index contributed by atoms with van der Waals surface area (Å²) in [5.41, 5.74) is 7.23. The molecule has 2 rings (SSSR count). The van der Waals surface area contributed by atoms with E-state index in [1.54, 1.807) is 0 Å². The lowest BCUT2D eigenvalue weighted by atomic mass is 10.2. The minimum Gasteiger partial charge on any atom is -0.377 e. The molecule has 0 saturated carbocycles. The van der Waals surface area contributed by atoms with Crippen LogP contribution in [0.2, 0.25) is 5.02 Å². The summed E-state index contributed by atoms with van der Waals surface area (Å²) in [4.78, 5) is 10.2. The van der Waals surface area contributed by atoms with Crippen LogP contribution in [0.25, 0.3) is 0 Å². The van der Waals surface area contributed by atoms with Crippen molar-refractivity contribution in [3.05, 3.63) is 74.8 Å². The van der Waals surface area contributed by atoms with Gasteiger partial charge in [0, 0.05) is 28.5 Å². The van der Waals surface area contributed by atoms with Gasteiger partial charge < -0.3 is 5.73 Å². The molecule has 0 aliphatic carbocycles. The number of halogens is 1. The van der Waals surface area contributed by atoms with E-state index in [9.17, 15) is 10.1 Å². The number of hydrogen-bond donors (Lipinski definition) is 1. The second-order valence-corrected chi connectivity index (χ2v) is 5.82. The first-order chi connectivity index (χ1) is 11.1. The lowest BCUT2D eigenvalue weighted by Crippen LogP contribution is -2.06. The Morgan fingerprint density at radius 2 is 2.04 bits per heavy atom. The molecule has 0 amide bonds. The average Bonchev–Trinajstić information content (AvgIpc) is 2.55. The molecule has 0 saturated heterocycles. The Balaban J connectivity index is 1.99. The Morgan fingerprint density at radius 3 is 2.74 bits per heavy atom. The highest BCUT2D eigenvalue weighted by Gasteiger charge is 2.08. The Bertz CT molecular complexity index is 750. The third kappa shape index (κ3) is 5.39. The number of nitro benzene ring substituents is 1. The van der Waals surface area contributed by atoms with Crippen molar-refractivity contribution in [3.63, 3.8) is 0 Å². The van der Waals surface area contributed by atoms with E-state index in [1.165, 1.54) is 36.2 Å². The second-order valence-electron chi connectivity index (χ2n) is 4.42. The molecule has 0 bridgehead atoms. The molecule has 118 valence electrons. The van der Waals surface area contributed by atoms with Crippen molar-refractivity contribution in [3.8, 4) is 0 Å². The van der Waals surface area contributed by atoms with Gasteiger partial charge in [-0.1, -0.05) is 53.7 Å². The zero-order valence-corrected chi connectivity index (χ0v) is 13.5. The number of nitrogens with zero attached hydrogens (tertiary/aromatic N) is 3. The largest absolute Gasteiger partial charge is 0.377 e. The van der Waals surface area contributed by atoms with Gasteiger partial charge >= 0.3 is 0 Å². The van der Waals surface area contributed by atoms with Crippen LogP contribution in [0.3, 0.4) is 0 Å². The summed E-state index contributed by atoms with van der Waals surface area (Å²) in [6.07, 6.45) is 1.34. The molecule has 6 nitrogen and oxygen atoms in total. The van der Waals surface area contributed by atoms with Gasteiger partial charge in [-0.15, -0.1) is 5.10 Å². The predicted octanol–water partition coefficient (Wildman–Crippen LogP) is 3.83. The Labute approximate surface area is 142 Å². The topological polar surface area (TPSA) is 93.9 Å². The quantitative estimate of drug-likeness (QED) is 0.384. The van der Waals surface area contributed by atoms with E-state index < -0.39 is 4.92 Å². The van der Waals surface area contributed by atoms with Crippen molar-refractivity contribution in [1.29, 1.82) is 0 Å². The first-order valence-corrected chi connectivity index (χ1v) is 7.90. The Hall–Kier alpha value is -2.38. The summed E-state index contributed by atoms with van der Waals surface area (Å²) in [5, 5.41) is 19.1. The van der Waals surface area contributed by atoms with Crippen molar-refractivity contribution >= 4 is 40.4 Å². The predicted molar refractivity (Wildman–Crippen MR) is 95.1 cm³/mol. The number of hydrogen-bond acceptors (Lipinski definition) is 5. The fourth-order valence-electron chi connectivity index (χ4n) is 1.65. The molecule has 0 spiro atoms. The van der Waals surface area contributed by atoms with Crippen LogP contribution in [0.5, 0.6) is 0 Å². The van der Waals surface area contributed by atoms with Gasteiger partial charge in [0.05, 0.1) is 11.1 Å². The van der Waals surface area contributed by atoms with E-state index in [0.29, 0.717) is 21.5 Å². The zero-order chi connectivity index (χ0) is 16.7. The molecule has 23 heavy (non-hydrogen) atoms. The molecule has 0 aliphatic heterocycles. The van der Waals surface area contributed by atoms with Crippen LogP contribution in [0.1, 0.15) is 11.1 Å². The van der Waals surface area contributed by atoms with Crippen molar-refractivity contribution in [1.82, 2.24) is 0 Å². The number of non-ortho nitro benzene ring substituents is 1. The number of benzene rings is 2. The van der Waals surface area contributed by atoms with Gasteiger partial charge in [0.25, 0.3) is 5.69 Å². The van der Waals surface area contributed by atoms with E-state index in [1.807, 2.05) is 30.3 Å². The smallest absolute Gasteiger partial charge is 0.270 e. The number of rotatable bonds is 5. The lowest BCUT2D eigenvalue weighted by Gasteiger charge is -1.99. The molecule has 2 aromatic carbocycles. The van der Waals surface area contributed by atoms with E-state index in [2.05, 4.69) is 10.2 Å². The molecule has 0 unspecified atom stereocenters.